The van der Waals surface area contributed by atoms with Crippen LogP contribution < -0.4 is 5.32 Å². The molecule has 0 spiro atoms. The zero-order chi connectivity index (χ0) is 17.7. The second kappa shape index (κ2) is 7.39. The van der Waals surface area contributed by atoms with Crippen LogP contribution in [0.15, 0.2) is 52.5 Å². The Morgan fingerprint density at radius 1 is 1.29 bits per heavy atom. The number of rotatable bonds is 4. The van der Waals surface area contributed by atoms with Crippen molar-refractivity contribution in [2.24, 2.45) is 0 Å². The van der Waals surface area contributed by atoms with Crippen LogP contribution in [-0.2, 0) is 4.79 Å². The summed E-state index contributed by atoms with van der Waals surface area (Å²) in [7, 11) is 0. The fraction of sp³-hybridized carbons (Fsp3) is 0. The number of nitro groups is 1. The van der Waals surface area contributed by atoms with Crippen LogP contribution in [0, 0.1) is 21.4 Å². The number of phenolic OH excluding ortho intramolecular Hbond substituents is 1. The van der Waals surface area contributed by atoms with Crippen molar-refractivity contribution in [3.63, 3.8) is 0 Å². The van der Waals surface area contributed by atoms with Gasteiger partial charge >= 0.3 is 5.69 Å². The first-order chi connectivity index (χ1) is 11.4. The maximum absolute atomic E-state index is 12.1. The number of hydrogen-bond acceptors (Lipinski definition) is 5. The molecule has 0 heterocycles. The molecule has 0 saturated heterocycles. The van der Waals surface area contributed by atoms with Crippen molar-refractivity contribution in [1.29, 1.82) is 5.26 Å². The van der Waals surface area contributed by atoms with E-state index in [1.54, 1.807) is 30.3 Å². The van der Waals surface area contributed by atoms with E-state index in [1.165, 1.54) is 12.1 Å². The number of amides is 1. The van der Waals surface area contributed by atoms with Gasteiger partial charge in [-0.15, -0.1) is 0 Å². The van der Waals surface area contributed by atoms with Crippen LogP contribution in [0.3, 0.4) is 0 Å². The Labute approximate surface area is 145 Å². The Morgan fingerprint density at radius 3 is 2.54 bits per heavy atom. The van der Waals surface area contributed by atoms with Crippen molar-refractivity contribution in [3.05, 3.63) is 68.2 Å². The van der Waals surface area contributed by atoms with E-state index in [0.717, 1.165) is 16.6 Å². The Bertz CT molecular complexity index is 870. The first-order valence-corrected chi connectivity index (χ1v) is 7.36. The number of benzene rings is 2. The van der Waals surface area contributed by atoms with Crippen LogP contribution in [0.25, 0.3) is 6.08 Å². The molecule has 120 valence electrons. The van der Waals surface area contributed by atoms with Gasteiger partial charge in [-0.05, 0) is 42.0 Å². The smallest absolute Gasteiger partial charge is 0.311 e. The van der Waals surface area contributed by atoms with Gasteiger partial charge in [-0.3, -0.25) is 14.9 Å². The number of phenols is 1. The summed E-state index contributed by atoms with van der Waals surface area (Å²) < 4.78 is 0.841. The van der Waals surface area contributed by atoms with Crippen LogP contribution >= 0.6 is 15.9 Å². The second-order valence-electron chi connectivity index (χ2n) is 4.64. The van der Waals surface area contributed by atoms with E-state index in [9.17, 15) is 20.0 Å². The van der Waals surface area contributed by atoms with Gasteiger partial charge in [0.2, 0.25) is 0 Å². The topological polar surface area (TPSA) is 116 Å². The Morgan fingerprint density at radius 2 is 1.96 bits per heavy atom. The van der Waals surface area contributed by atoms with Gasteiger partial charge in [-0.1, -0.05) is 22.0 Å². The summed E-state index contributed by atoms with van der Waals surface area (Å²) in [6.07, 6.45) is 1.21. The van der Waals surface area contributed by atoms with Gasteiger partial charge in [0.25, 0.3) is 5.91 Å². The third-order valence-corrected chi connectivity index (χ3v) is 3.50. The lowest BCUT2D eigenvalue weighted by molar-refractivity contribution is -0.385. The minimum Gasteiger partial charge on any atom is -0.502 e. The van der Waals surface area contributed by atoms with Gasteiger partial charge in [-0.25, -0.2) is 0 Å². The number of nitrogens with one attached hydrogen (secondary N) is 1. The summed E-state index contributed by atoms with van der Waals surface area (Å²) >= 11 is 3.27. The highest BCUT2D eigenvalue weighted by Gasteiger charge is 2.15. The molecule has 2 aromatic rings. The van der Waals surface area contributed by atoms with E-state index in [4.69, 9.17) is 5.26 Å². The van der Waals surface area contributed by atoms with Crippen LogP contribution in [-0.4, -0.2) is 15.9 Å². The summed E-state index contributed by atoms with van der Waals surface area (Å²) in [6.45, 7) is 0. The van der Waals surface area contributed by atoms with Crippen LogP contribution in [0.2, 0.25) is 0 Å². The van der Waals surface area contributed by atoms with Crippen LogP contribution in [0.5, 0.6) is 5.75 Å². The van der Waals surface area contributed by atoms with Crippen molar-refractivity contribution in [1.82, 2.24) is 0 Å². The molecule has 0 aromatic heterocycles. The van der Waals surface area contributed by atoms with Gasteiger partial charge in [0.05, 0.1) is 4.92 Å². The van der Waals surface area contributed by atoms with E-state index in [-0.39, 0.29) is 11.1 Å². The third-order valence-electron chi connectivity index (χ3n) is 2.97. The molecule has 0 radical (unpaired) electrons. The number of nitro benzene ring substituents is 1. The predicted octanol–water partition coefficient (Wildman–Crippen LogP) is 3.61. The minimum atomic E-state index is -0.749. The lowest BCUT2D eigenvalue weighted by atomic mass is 10.1. The maximum Gasteiger partial charge on any atom is 0.311 e. The van der Waals surface area contributed by atoms with E-state index in [2.05, 4.69) is 21.2 Å². The number of nitriles is 1. The molecule has 2 N–H and O–H groups in total. The van der Waals surface area contributed by atoms with Crippen molar-refractivity contribution < 1.29 is 14.8 Å². The third kappa shape index (κ3) is 4.18. The summed E-state index contributed by atoms with van der Waals surface area (Å²) in [5.41, 5.74) is 0.0234. The number of carbonyl (C=O) groups excluding carboxylic acids is 1. The zero-order valence-electron chi connectivity index (χ0n) is 12.1. The molecule has 0 saturated carbocycles. The highest BCUT2D eigenvalue weighted by molar-refractivity contribution is 9.10. The maximum atomic E-state index is 12.1. The standard InChI is InChI=1S/C16H10BrN3O4/c17-12-2-4-13(5-3-12)19-16(22)11(9-18)7-10-1-6-15(21)14(8-10)20(23)24/h1-8,21H,(H,19,22). The second-order valence-corrected chi connectivity index (χ2v) is 5.55. The number of aromatic hydroxyl groups is 1. The van der Waals surface area contributed by atoms with E-state index < -0.39 is 22.3 Å². The molecule has 0 aliphatic carbocycles. The first-order valence-electron chi connectivity index (χ1n) is 6.57. The Kier molecular flexibility index (Phi) is 5.29. The number of anilines is 1. The molecule has 0 atom stereocenters. The van der Waals surface area contributed by atoms with Gasteiger partial charge in [0.1, 0.15) is 11.6 Å². The number of nitrogens with zero attached hydrogens (tertiary/aromatic N) is 2. The quantitative estimate of drug-likeness (QED) is 0.359. The molecule has 2 aromatic carbocycles. The molecule has 2 rings (SSSR count). The van der Waals surface area contributed by atoms with E-state index in [1.807, 2.05) is 0 Å². The SMILES string of the molecule is N#CC(=Cc1ccc(O)c([N+](=O)[O-])c1)C(=O)Nc1ccc(Br)cc1. The zero-order valence-corrected chi connectivity index (χ0v) is 13.6. The van der Waals surface area contributed by atoms with Gasteiger partial charge in [0, 0.05) is 16.2 Å². The van der Waals surface area contributed by atoms with Crippen molar-refractivity contribution in [2.75, 3.05) is 5.32 Å². The normalized spacial score (nSPS) is 10.8. The molecular weight excluding hydrogens is 378 g/mol. The first kappa shape index (κ1) is 17.2. The average Bonchev–Trinajstić information content (AvgIpc) is 2.55. The molecule has 0 aliphatic rings. The van der Waals surface area contributed by atoms with Crippen LogP contribution in [0.1, 0.15) is 5.56 Å². The van der Waals surface area contributed by atoms with E-state index in [0.29, 0.717) is 5.69 Å². The summed E-state index contributed by atoms with van der Waals surface area (Å²) in [5.74, 6) is -1.13. The molecule has 0 bridgehead atoms. The summed E-state index contributed by atoms with van der Waals surface area (Å²) in [6, 6.07) is 12.1. The lowest BCUT2D eigenvalue weighted by Gasteiger charge is -2.04. The van der Waals surface area contributed by atoms with E-state index >= 15 is 0 Å². The van der Waals surface area contributed by atoms with Gasteiger partial charge in [0.15, 0.2) is 5.75 Å². The van der Waals surface area contributed by atoms with Crippen molar-refractivity contribution in [2.45, 2.75) is 0 Å². The van der Waals surface area contributed by atoms with Crippen molar-refractivity contribution in [3.8, 4) is 11.8 Å². The fourth-order valence-electron chi connectivity index (χ4n) is 1.82. The minimum absolute atomic E-state index is 0.224. The molecule has 8 heteroatoms. The summed E-state index contributed by atoms with van der Waals surface area (Å²) in [4.78, 5) is 22.2. The average molecular weight is 388 g/mol. The number of halogens is 1. The van der Waals surface area contributed by atoms with Gasteiger partial charge in [-0.2, -0.15) is 5.26 Å². The fourth-order valence-corrected chi connectivity index (χ4v) is 2.09. The predicted molar refractivity (Wildman–Crippen MR) is 91.1 cm³/mol. The lowest BCUT2D eigenvalue weighted by Crippen LogP contribution is -2.13. The molecule has 24 heavy (non-hydrogen) atoms. The largest absolute Gasteiger partial charge is 0.502 e. The van der Waals surface area contributed by atoms with Gasteiger partial charge < -0.3 is 10.4 Å². The molecule has 7 nitrogen and oxygen atoms in total. The number of hydrogen-bond donors (Lipinski definition) is 2. The highest BCUT2D eigenvalue weighted by atomic mass is 79.9. The summed E-state index contributed by atoms with van der Waals surface area (Å²) in [5, 5.41) is 31.9. The molecular formula is C16H10BrN3O4. The number of carbonyl (C=O) groups is 1. The molecule has 0 fully saturated rings. The molecule has 0 unspecified atom stereocenters. The Balaban J connectivity index is 2.27. The van der Waals surface area contributed by atoms with Crippen LogP contribution in [0.4, 0.5) is 11.4 Å². The van der Waals surface area contributed by atoms with Crippen molar-refractivity contribution >= 4 is 39.3 Å². The molecule has 1 amide bonds. The molecule has 0 aliphatic heterocycles. The Hall–Kier alpha value is -3.18. The monoisotopic (exact) mass is 387 g/mol. The highest BCUT2D eigenvalue weighted by Crippen LogP contribution is 2.27.